The zero-order valence-electron chi connectivity index (χ0n) is 9.95. The maximum absolute atomic E-state index is 11.8. The standard InChI is InChI=1S/C11H18O5/c1-8(13-2)9-6-5-7-16-11(9,15-4)10(12)14-3/h9H,1,5-7H2,2-4H3. The molecule has 1 aliphatic rings. The molecule has 2 unspecified atom stereocenters. The Morgan fingerprint density at radius 1 is 1.38 bits per heavy atom. The zero-order chi connectivity index (χ0) is 12.2. The molecule has 0 aromatic rings. The minimum Gasteiger partial charge on any atom is -0.501 e. The molecule has 5 heteroatoms. The van der Waals surface area contributed by atoms with Crippen LogP contribution >= 0.6 is 0 Å². The summed E-state index contributed by atoms with van der Waals surface area (Å²) in [5.74, 6) is -1.85. The molecule has 92 valence electrons. The van der Waals surface area contributed by atoms with E-state index in [1.807, 2.05) is 0 Å². The first-order valence-electron chi connectivity index (χ1n) is 5.12. The molecular weight excluding hydrogens is 212 g/mol. The van der Waals surface area contributed by atoms with Crippen molar-refractivity contribution in [3.05, 3.63) is 12.3 Å². The van der Waals surface area contributed by atoms with Gasteiger partial charge in [0.1, 0.15) is 0 Å². The Bertz CT molecular complexity index is 276. The summed E-state index contributed by atoms with van der Waals surface area (Å²) in [6.07, 6.45) is 1.55. The molecule has 0 spiro atoms. The van der Waals surface area contributed by atoms with Crippen LogP contribution in [-0.4, -0.2) is 39.7 Å². The summed E-state index contributed by atoms with van der Waals surface area (Å²) in [7, 11) is 4.22. The van der Waals surface area contributed by atoms with Crippen LogP contribution in [0.1, 0.15) is 12.8 Å². The SMILES string of the molecule is C=C(OC)C1CCCOC1(OC)C(=O)OC. The first kappa shape index (κ1) is 13.0. The van der Waals surface area contributed by atoms with E-state index in [1.54, 1.807) is 0 Å². The lowest BCUT2D eigenvalue weighted by Gasteiger charge is -2.39. The van der Waals surface area contributed by atoms with Crippen molar-refractivity contribution in [3.63, 3.8) is 0 Å². The molecule has 0 saturated carbocycles. The third-order valence-corrected chi connectivity index (χ3v) is 2.84. The number of esters is 1. The second kappa shape index (κ2) is 5.32. The van der Waals surface area contributed by atoms with Crippen LogP contribution in [0, 0.1) is 5.92 Å². The van der Waals surface area contributed by atoms with Crippen molar-refractivity contribution >= 4 is 5.97 Å². The van der Waals surface area contributed by atoms with Crippen LogP contribution in [0.15, 0.2) is 12.3 Å². The second-order valence-corrected chi connectivity index (χ2v) is 3.58. The Kier molecular flexibility index (Phi) is 4.32. The van der Waals surface area contributed by atoms with Crippen LogP contribution in [-0.2, 0) is 23.7 Å². The van der Waals surface area contributed by atoms with Crippen LogP contribution in [0.5, 0.6) is 0 Å². The number of ether oxygens (including phenoxy) is 4. The van der Waals surface area contributed by atoms with Crippen LogP contribution < -0.4 is 0 Å². The molecule has 0 N–H and O–H groups in total. The smallest absolute Gasteiger partial charge is 0.367 e. The molecule has 1 saturated heterocycles. The summed E-state index contributed by atoms with van der Waals surface area (Å²) in [6, 6.07) is 0. The highest BCUT2D eigenvalue weighted by atomic mass is 16.7. The van der Waals surface area contributed by atoms with Gasteiger partial charge in [-0.25, -0.2) is 4.79 Å². The number of hydrogen-bond acceptors (Lipinski definition) is 5. The molecule has 5 nitrogen and oxygen atoms in total. The zero-order valence-corrected chi connectivity index (χ0v) is 9.95. The summed E-state index contributed by atoms with van der Waals surface area (Å²) in [4.78, 5) is 11.8. The predicted molar refractivity (Wildman–Crippen MR) is 56.6 cm³/mol. The van der Waals surface area contributed by atoms with Crippen molar-refractivity contribution in [1.82, 2.24) is 0 Å². The van der Waals surface area contributed by atoms with Gasteiger partial charge in [-0.2, -0.15) is 0 Å². The lowest BCUT2D eigenvalue weighted by molar-refractivity contribution is -0.270. The topological polar surface area (TPSA) is 54.0 Å². The van der Waals surface area contributed by atoms with E-state index in [0.717, 1.165) is 12.8 Å². The van der Waals surface area contributed by atoms with Gasteiger partial charge >= 0.3 is 5.97 Å². The largest absolute Gasteiger partial charge is 0.501 e. The van der Waals surface area contributed by atoms with Crippen LogP contribution in [0.2, 0.25) is 0 Å². The van der Waals surface area contributed by atoms with Gasteiger partial charge in [0.05, 0.1) is 32.5 Å². The molecule has 0 aromatic carbocycles. The minimum atomic E-state index is -1.42. The third-order valence-electron chi connectivity index (χ3n) is 2.84. The average Bonchev–Trinajstić information content (AvgIpc) is 2.36. The van der Waals surface area contributed by atoms with Crippen molar-refractivity contribution in [2.45, 2.75) is 18.6 Å². The summed E-state index contributed by atoms with van der Waals surface area (Å²) >= 11 is 0. The van der Waals surface area contributed by atoms with Gasteiger partial charge in [0.25, 0.3) is 5.79 Å². The molecule has 1 fully saturated rings. The second-order valence-electron chi connectivity index (χ2n) is 3.58. The highest BCUT2D eigenvalue weighted by molar-refractivity contribution is 5.78. The molecular formula is C11H18O5. The molecule has 1 heterocycles. The lowest BCUT2D eigenvalue weighted by Crippen LogP contribution is -2.54. The first-order valence-corrected chi connectivity index (χ1v) is 5.12. The summed E-state index contributed by atoms with van der Waals surface area (Å²) in [5.41, 5.74) is 0. The van der Waals surface area contributed by atoms with Crippen molar-refractivity contribution in [1.29, 1.82) is 0 Å². The summed E-state index contributed by atoms with van der Waals surface area (Å²) in [5, 5.41) is 0. The number of hydrogen-bond donors (Lipinski definition) is 0. The average molecular weight is 230 g/mol. The molecule has 1 rings (SSSR count). The van der Waals surface area contributed by atoms with Gasteiger partial charge in [-0.3, -0.25) is 0 Å². The van der Waals surface area contributed by atoms with Crippen molar-refractivity contribution in [2.75, 3.05) is 27.9 Å². The number of rotatable bonds is 4. The Labute approximate surface area is 95.3 Å². The van der Waals surface area contributed by atoms with Crippen LogP contribution in [0.4, 0.5) is 0 Å². The van der Waals surface area contributed by atoms with Gasteiger partial charge in [0.2, 0.25) is 0 Å². The summed E-state index contributed by atoms with van der Waals surface area (Å²) < 4.78 is 20.5. The number of methoxy groups -OCH3 is 3. The molecule has 0 bridgehead atoms. The first-order chi connectivity index (χ1) is 7.62. The maximum atomic E-state index is 11.8. The van der Waals surface area contributed by atoms with E-state index in [2.05, 4.69) is 6.58 Å². The summed E-state index contributed by atoms with van der Waals surface area (Å²) in [6.45, 7) is 4.22. The van der Waals surface area contributed by atoms with Crippen molar-refractivity contribution in [2.24, 2.45) is 5.92 Å². The van der Waals surface area contributed by atoms with Gasteiger partial charge in [-0.05, 0) is 12.8 Å². The van der Waals surface area contributed by atoms with Crippen LogP contribution in [0.25, 0.3) is 0 Å². The maximum Gasteiger partial charge on any atom is 0.367 e. The Hall–Kier alpha value is -1.07. The van der Waals surface area contributed by atoms with Gasteiger partial charge in [0.15, 0.2) is 0 Å². The molecule has 0 radical (unpaired) electrons. The number of carbonyl (C=O) groups is 1. The lowest BCUT2D eigenvalue weighted by atomic mass is 9.89. The van der Waals surface area contributed by atoms with Gasteiger partial charge < -0.3 is 18.9 Å². The van der Waals surface area contributed by atoms with E-state index in [9.17, 15) is 4.79 Å². The Morgan fingerprint density at radius 2 is 2.06 bits per heavy atom. The fraction of sp³-hybridized carbons (Fsp3) is 0.727. The predicted octanol–water partition coefficient (Wildman–Crippen LogP) is 1.09. The highest BCUT2D eigenvalue weighted by Crippen LogP contribution is 2.37. The van der Waals surface area contributed by atoms with Crippen molar-refractivity contribution in [3.8, 4) is 0 Å². The Morgan fingerprint density at radius 3 is 2.56 bits per heavy atom. The van der Waals surface area contributed by atoms with E-state index in [1.165, 1.54) is 21.3 Å². The molecule has 0 aromatic heterocycles. The van der Waals surface area contributed by atoms with E-state index in [4.69, 9.17) is 18.9 Å². The monoisotopic (exact) mass is 230 g/mol. The fourth-order valence-electron chi connectivity index (χ4n) is 1.95. The Balaban J connectivity index is 3.00. The highest BCUT2D eigenvalue weighted by Gasteiger charge is 2.52. The van der Waals surface area contributed by atoms with E-state index < -0.39 is 11.8 Å². The molecule has 0 aliphatic carbocycles. The molecule has 2 atom stereocenters. The van der Waals surface area contributed by atoms with Gasteiger partial charge in [-0.15, -0.1) is 0 Å². The quantitative estimate of drug-likeness (QED) is 0.534. The minimum absolute atomic E-state index is 0.344. The third kappa shape index (κ3) is 2.05. The van der Waals surface area contributed by atoms with E-state index >= 15 is 0 Å². The normalized spacial score (nSPS) is 29.6. The van der Waals surface area contributed by atoms with Crippen LogP contribution in [0.3, 0.4) is 0 Å². The fourth-order valence-corrected chi connectivity index (χ4v) is 1.95. The molecule has 0 amide bonds. The van der Waals surface area contributed by atoms with E-state index in [0.29, 0.717) is 12.4 Å². The molecule has 16 heavy (non-hydrogen) atoms. The number of carbonyl (C=O) groups excluding carboxylic acids is 1. The van der Waals surface area contributed by atoms with E-state index in [-0.39, 0.29) is 5.92 Å². The van der Waals surface area contributed by atoms with Crippen molar-refractivity contribution < 1.29 is 23.7 Å². The molecule has 1 aliphatic heterocycles. The van der Waals surface area contributed by atoms with Gasteiger partial charge in [-0.1, -0.05) is 6.58 Å². The van der Waals surface area contributed by atoms with Gasteiger partial charge in [0, 0.05) is 7.11 Å².